The number of nitro groups is 1. The van der Waals surface area contributed by atoms with Crippen LogP contribution in [0.1, 0.15) is 37.0 Å². The molecule has 1 fully saturated rings. The molecule has 1 aliphatic rings. The highest BCUT2D eigenvalue weighted by molar-refractivity contribution is 5.96. The predicted octanol–water partition coefficient (Wildman–Crippen LogP) is 1.43. The molecule has 8 nitrogen and oxygen atoms in total. The molecule has 1 saturated heterocycles. The van der Waals surface area contributed by atoms with Crippen molar-refractivity contribution < 1.29 is 14.5 Å². The molecule has 3 N–H and O–H groups in total. The summed E-state index contributed by atoms with van der Waals surface area (Å²) in [5.41, 5.74) is 5.92. The first kappa shape index (κ1) is 17.7. The number of primary amides is 1. The largest absolute Gasteiger partial charge is 0.369 e. The molecule has 8 heteroatoms. The number of hydrogen-bond donors (Lipinski definition) is 2. The molecule has 0 aromatic heterocycles. The Kier molecular flexibility index (Phi) is 5.38. The summed E-state index contributed by atoms with van der Waals surface area (Å²) in [5.74, 6) is -0.853. The van der Waals surface area contributed by atoms with Crippen LogP contribution in [0.15, 0.2) is 18.2 Å². The number of rotatable bonds is 5. The fraction of sp³-hybridized carbons (Fsp3) is 0.500. The number of piperidine rings is 1. The number of amides is 2. The van der Waals surface area contributed by atoms with Gasteiger partial charge in [0.2, 0.25) is 5.91 Å². The number of carbonyl (C=O) groups excluding carboxylic acids is 2. The zero-order chi connectivity index (χ0) is 17.9. The van der Waals surface area contributed by atoms with Gasteiger partial charge in [-0.15, -0.1) is 0 Å². The number of hydrogen-bond acceptors (Lipinski definition) is 5. The van der Waals surface area contributed by atoms with E-state index < -0.39 is 4.92 Å². The summed E-state index contributed by atoms with van der Waals surface area (Å²) < 4.78 is 0. The average molecular weight is 334 g/mol. The van der Waals surface area contributed by atoms with E-state index in [2.05, 4.69) is 5.32 Å². The van der Waals surface area contributed by atoms with E-state index in [1.807, 2.05) is 18.7 Å². The summed E-state index contributed by atoms with van der Waals surface area (Å²) in [7, 11) is 0. The standard InChI is InChI=1S/C16H22N4O4/c1-10(2)18-16(22)12-3-4-13(14(9-12)20(23)24)19-7-5-11(6-8-19)15(17)21/h3-4,9-11H,5-8H2,1-2H3,(H2,17,21)(H,18,22). The van der Waals surface area contributed by atoms with E-state index in [9.17, 15) is 19.7 Å². The van der Waals surface area contributed by atoms with Gasteiger partial charge in [-0.25, -0.2) is 0 Å². The first-order chi connectivity index (χ1) is 11.3. The Labute approximate surface area is 140 Å². The highest BCUT2D eigenvalue weighted by Gasteiger charge is 2.28. The van der Waals surface area contributed by atoms with Crippen LogP contribution in [0.2, 0.25) is 0 Å². The maximum atomic E-state index is 12.0. The second-order valence-electron chi connectivity index (χ2n) is 6.25. The molecule has 24 heavy (non-hydrogen) atoms. The van der Waals surface area contributed by atoms with E-state index in [0.29, 0.717) is 31.6 Å². The smallest absolute Gasteiger partial charge is 0.293 e. The first-order valence-corrected chi connectivity index (χ1v) is 7.93. The highest BCUT2D eigenvalue weighted by Crippen LogP contribution is 2.32. The van der Waals surface area contributed by atoms with Crippen molar-refractivity contribution in [2.24, 2.45) is 11.7 Å². The molecule has 0 atom stereocenters. The van der Waals surface area contributed by atoms with Gasteiger partial charge in [-0.1, -0.05) is 0 Å². The van der Waals surface area contributed by atoms with Crippen molar-refractivity contribution in [3.63, 3.8) is 0 Å². The molecule has 1 aromatic carbocycles. The zero-order valence-corrected chi connectivity index (χ0v) is 13.8. The van der Waals surface area contributed by atoms with E-state index >= 15 is 0 Å². The Morgan fingerprint density at radius 1 is 1.33 bits per heavy atom. The molecule has 2 rings (SSSR count). The first-order valence-electron chi connectivity index (χ1n) is 7.93. The van der Waals surface area contributed by atoms with Crippen LogP contribution in [0.3, 0.4) is 0 Å². The lowest BCUT2D eigenvalue weighted by Crippen LogP contribution is -2.38. The number of benzene rings is 1. The van der Waals surface area contributed by atoms with Crippen molar-refractivity contribution >= 4 is 23.2 Å². The van der Waals surface area contributed by atoms with E-state index in [0.717, 1.165) is 0 Å². The van der Waals surface area contributed by atoms with Gasteiger partial charge in [-0.05, 0) is 38.8 Å². The molecule has 2 amide bonds. The van der Waals surface area contributed by atoms with Crippen molar-refractivity contribution in [2.75, 3.05) is 18.0 Å². The minimum atomic E-state index is -0.484. The van der Waals surface area contributed by atoms with Crippen LogP contribution in [0.25, 0.3) is 0 Å². The van der Waals surface area contributed by atoms with Crippen LogP contribution in [0, 0.1) is 16.0 Å². The van der Waals surface area contributed by atoms with Gasteiger partial charge in [-0.2, -0.15) is 0 Å². The van der Waals surface area contributed by atoms with Crippen molar-refractivity contribution in [2.45, 2.75) is 32.7 Å². The number of nitrogens with two attached hydrogens (primary N) is 1. The minimum Gasteiger partial charge on any atom is -0.369 e. The van der Waals surface area contributed by atoms with Crippen molar-refractivity contribution in [1.29, 1.82) is 0 Å². The normalized spacial score (nSPS) is 15.4. The van der Waals surface area contributed by atoms with Crippen LogP contribution < -0.4 is 16.0 Å². The molecule has 1 aromatic rings. The van der Waals surface area contributed by atoms with Crippen LogP contribution in [0.5, 0.6) is 0 Å². The molecular weight excluding hydrogens is 312 g/mol. The number of carbonyl (C=O) groups is 2. The molecule has 1 aliphatic heterocycles. The molecule has 0 bridgehead atoms. The molecule has 0 spiro atoms. The summed E-state index contributed by atoms with van der Waals surface area (Å²) in [6, 6.07) is 4.43. The van der Waals surface area contributed by atoms with Gasteiger partial charge in [0.25, 0.3) is 11.6 Å². The Morgan fingerprint density at radius 3 is 2.46 bits per heavy atom. The van der Waals surface area contributed by atoms with E-state index in [1.165, 1.54) is 6.07 Å². The van der Waals surface area contributed by atoms with Crippen molar-refractivity contribution in [3.8, 4) is 0 Å². The average Bonchev–Trinajstić information content (AvgIpc) is 2.53. The van der Waals surface area contributed by atoms with Crippen molar-refractivity contribution in [3.05, 3.63) is 33.9 Å². The van der Waals surface area contributed by atoms with Gasteiger partial charge < -0.3 is 16.0 Å². The highest BCUT2D eigenvalue weighted by atomic mass is 16.6. The summed E-state index contributed by atoms with van der Waals surface area (Å²) in [5, 5.41) is 14.1. The fourth-order valence-corrected chi connectivity index (χ4v) is 2.83. The monoisotopic (exact) mass is 334 g/mol. The second-order valence-corrected chi connectivity index (χ2v) is 6.25. The summed E-state index contributed by atoms with van der Waals surface area (Å²) in [4.78, 5) is 36.1. The maximum Gasteiger partial charge on any atom is 0.293 e. The number of nitrogens with one attached hydrogen (secondary N) is 1. The second kappa shape index (κ2) is 7.29. The van der Waals surface area contributed by atoms with Crippen LogP contribution in [0.4, 0.5) is 11.4 Å². The summed E-state index contributed by atoms with van der Waals surface area (Å²) in [6.45, 7) is 4.69. The molecule has 0 unspecified atom stereocenters. The maximum absolute atomic E-state index is 12.0. The van der Waals surface area contributed by atoms with Gasteiger partial charge in [0.15, 0.2) is 0 Å². The molecule has 0 aliphatic carbocycles. The van der Waals surface area contributed by atoms with Crippen LogP contribution in [-0.2, 0) is 4.79 Å². The van der Waals surface area contributed by atoms with E-state index in [1.54, 1.807) is 12.1 Å². The summed E-state index contributed by atoms with van der Waals surface area (Å²) >= 11 is 0. The third-order valence-corrected chi connectivity index (χ3v) is 4.09. The molecule has 130 valence electrons. The topological polar surface area (TPSA) is 119 Å². The number of nitrogens with zero attached hydrogens (tertiary/aromatic N) is 2. The van der Waals surface area contributed by atoms with E-state index in [-0.39, 0.29) is 35.0 Å². The fourth-order valence-electron chi connectivity index (χ4n) is 2.83. The number of nitro benzene ring substituents is 1. The third kappa shape index (κ3) is 4.01. The van der Waals surface area contributed by atoms with E-state index in [4.69, 9.17) is 5.73 Å². The molecule has 0 radical (unpaired) electrons. The van der Waals surface area contributed by atoms with Crippen molar-refractivity contribution in [1.82, 2.24) is 5.32 Å². The Balaban J connectivity index is 2.23. The van der Waals surface area contributed by atoms with Crippen LogP contribution in [-0.4, -0.2) is 35.9 Å². The SMILES string of the molecule is CC(C)NC(=O)c1ccc(N2CCC(C(N)=O)CC2)c([N+](=O)[O-])c1. The lowest BCUT2D eigenvalue weighted by molar-refractivity contribution is -0.384. The third-order valence-electron chi connectivity index (χ3n) is 4.09. The predicted molar refractivity (Wildman–Crippen MR) is 89.8 cm³/mol. The molecule has 0 saturated carbocycles. The van der Waals surface area contributed by atoms with Gasteiger partial charge >= 0.3 is 0 Å². The number of anilines is 1. The lowest BCUT2D eigenvalue weighted by Gasteiger charge is -2.32. The molecular formula is C16H22N4O4. The Hall–Kier alpha value is -2.64. The lowest BCUT2D eigenvalue weighted by atomic mass is 9.95. The Morgan fingerprint density at radius 2 is 1.96 bits per heavy atom. The van der Waals surface area contributed by atoms with Gasteiger partial charge in [0, 0.05) is 36.7 Å². The minimum absolute atomic E-state index is 0.0518. The zero-order valence-electron chi connectivity index (χ0n) is 13.8. The van der Waals surface area contributed by atoms with Crippen LogP contribution >= 0.6 is 0 Å². The van der Waals surface area contributed by atoms with Gasteiger partial charge in [0.05, 0.1) is 4.92 Å². The van der Waals surface area contributed by atoms with Gasteiger partial charge in [0.1, 0.15) is 5.69 Å². The molecule has 1 heterocycles. The Bertz CT molecular complexity index is 651. The quantitative estimate of drug-likeness (QED) is 0.624. The van der Waals surface area contributed by atoms with Gasteiger partial charge in [-0.3, -0.25) is 19.7 Å². The summed E-state index contributed by atoms with van der Waals surface area (Å²) in [6.07, 6.45) is 1.14.